The number of para-hydroxylation sites is 1. The van der Waals surface area contributed by atoms with Gasteiger partial charge in [-0.25, -0.2) is 4.98 Å². The Bertz CT molecular complexity index is 732. The molecule has 3 rings (SSSR count). The zero-order chi connectivity index (χ0) is 14.7. The second kappa shape index (κ2) is 5.93. The quantitative estimate of drug-likeness (QED) is 0.804. The molecule has 0 saturated carbocycles. The van der Waals surface area contributed by atoms with Gasteiger partial charge in [0.1, 0.15) is 10.8 Å². The number of hydrogen-bond acceptors (Lipinski definition) is 4. The zero-order valence-corrected chi connectivity index (χ0v) is 12.3. The number of fused-ring (bicyclic) bond motifs is 1. The van der Waals surface area contributed by atoms with Gasteiger partial charge in [-0.05, 0) is 36.4 Å². The minimum atomic E-state index is -0.114. The zero-order valence-electron chi connectivity index (χ0n) is 11.5. The van der Waals surface area contributed by atoms with E-state index in [9.17, 15) is 4.79 Å². The summed E-state index contributed by atoms with van der Waals surface area (Å²) in [4.78, 5) is 16.5. The minimum Gasteiger partial charge on any atom is -0.497 e. The summed E-state index contributed by atoms with van der Waals surface area (Å²) in [5.41, 5.74) is 1.58. The van der Waals surface area contributed by atoms with Crippen LogP contribution in [-0.4, -0.2) is 18.0 Å². The van der Waals surface area contributed by atoms with Crippen molar-refractivity contribution in [3.8, 4) is 5.75 Å². The Labute approximate surface area is 126 Å². The Hall–Kier alpha value is -2.40. The van der Waals surface area contributed by atoms with Crippen molar-refractivity contribution in [3.63, 3.8) is 0 Å². The number of methoxy groups -OCH3 is 1. The molecule has 4 nitrogen and oxygen atoms in total. The highest BCUT2D eigenvalue weighted by Gasteiger charge is 2.08. The molecule has 0 aliphatic carbocycles. The van der Waals surface area contributed by atoms with Gasteiger partial charge >= 0.3 is 0 Å². The Morgan fingerprint density at radius 3 is 2.67 bits per heavy atom. The normalized spacial score (nSPS) is 10.5. The molecule has 0 spiro atoms. The summed E-state index contributed by atoms with van der Waals surface area (Å²) in [5.74, 6) is 0.620. The number of aromatic nitrogens is 1. The van der Waals surface area contributed by atoms with E-state index in [0.29, 0.717) is 12.1 Å². The van der Waals surface area contributed by atoms with Crippen molar-refractivity contribution in [3.05, 3.63) is 59.1 Å². The lowest BCUT2D eigenvalue weighted by molar-refractivity contribution is 0.0951. The topological polar surface area (TPSA) is 51.2 Å². The van der Waals surface area contributed by atoms with E-state index in [1.807, 2.05) is 24.3 Å². The van der Waals surface area contributed by atoms with Crippen LogP contribution in [0.15, 0.2) is 48.5 Å². The molecule has 2 aromatic carbocycles. The molecule has 0 bridgehead atoms. The van der Waals surface area contributed by atoms with E-state index in [0.717, 1.165) is 21.0 Å². The van der Waals surface area contributed by atoms with Gasteiger partial charge in [0.25, 0.3) is 5.91 Å². The third kappa shape index (κ3) is 3.03. The third-order valence-electron chi connectivity index (χ3n) is 3.09. The molecule has 106 valence electrons. The third-order valence-corrected chi connectivity index (χ3v) is 4.13. The van der Waals surface area contributed by atoms with Crippen molar-refractivity contribution in [1.29, 1.82) is 0 Å². The van der Waals surface area contributed by atoms with Crippen molar-refractivity contribution >= 4 is 27.5 Å². The number of amides is 1. The molecule has 0 aliphatic rings. The Morgan fingerprint density at radius 2 is 1.95 bits per heavy atom. The minimum absolute atomic E-state index is 0.114. The predicted octanol–water partition coefficient (Wildman–Crippen LogP) is 3.23. The van der Waals surface area contributed by atoms with Gasteiger partial charge in [0.2, 0.25) is 0 Å². The van der Waals surface area contributed by atoms with Crippen molar-refractivity contribution < 1.29 is 9.53 Å². The van der Waals surface area contributed by atoms with Crippen molar-refractivity contribution in [2.75, 3.05) is 7.11 Å². The van der Waals surface area contributed by atoms with Crippen LogP contribution in [0.25, 0.3) is 10.2 Å². The summed E-state index contributed by atoms with van der Waals surface area (Å²) in [6.45, 7) is 0.435. The SMILES string of the molecule is COc1ccc(C(=O)NCc2nc3ccccc3s2)cc1. The van der Waals surface area contributed by atoms with Crippen molar-refractivity contribution in [2.24, 2.45) is 0 Å². The number of carbonyl (C=O) groups excluding carboxylic acids is 1. The summed E-state index contributed by atoms with van der Waals surface area (Å²) in [6.07, 6.45) is 0. The largest absolute Gasteiger partial charge is 0.497 e. The van der Waals surface area contributed by atoms with E-state index in [-0.39, 0.29) is 5.91 Å². The van der Waals surface area contributed by atoms with Crippen LogP contribution in [0.4, 0.5) is 0 Å². The molecular weight excluding hydrogens is 284 g/mol. The molecule has 3 aromatic rings. The molecule has 0 radical (unpaired) electrons. The Balaban J connectivity index is 1.67. The van der Waals surface area contributed by atoms with E-state index >= 15 is 0 Å². The maximum Gasteiger partial charge on any atom is 0.251 e. The first kappa shape index (κ1) is 13.6. The Kier molecular flexibility index (Phi) is 3.83. The first-order valence-electron chi connectivity index (χ1n) is 6.53. The lowest BCUT2D eigenvalue weighted by atomic mass is 10.2. The summed E-state index contributed by atoms with van der Waals surface area (Å²) in [5, 5.41) is 3.78. The second-order valence-electron chi connectivity index (χ2n) is 4.49. The van der Waals surface area contributed by atoms with Gasteiger partial charge in [-0.2, -0.15) is 0 Å². The number of benzene rings is 2. The molecule has 0 aliphatic heterocycles. The van der Waals surface area contributed by atoms with E-state index < -0.39 is 0 Å². The second-order valence-corrected chi connectivity index (χ2v) is 5.60. The number of thiazole rings is 1. The highest BCUT2D eigenvalue weighted by molar-refractivity contribution is 7.18. The van der Waals surface area contributed by atoms with Gasteiger partial charge in [0.15, 0.2) is 0 Å². The Morgan fingerprint density at radius 1 is 1.19 bits per heavy atom. The smallest absolute Gasteiger partial charge is 0.251 e. The molecular formula is C16H14N2O2S. The lowest BCUT2D eigenvalue weighted by Gasteiger charge is -2.04. The molecule has 5 heteroatoms. The van der Waals surface area contributed by atoms with Crippen LogP contribution in [0, 0.1) is 0 Å². The van der Waals surface area contributed by atoms with Crippen LogP contribution in [0.5, 0.6) is 5.75 Å². The average Bonchev–Trinajstić information content (AvgIpc) is 2.95. The number of nitrogens with zero attached hydrogens (tertiary/aromatic N) is 1. The van der Waals surface area contributed by atoms with Crippen LogP contribution < -0.4 is 10.1 Å². The molecule has 0 fully saturated rings. The lowest BCUT2D eigenvalue weighted by Crippen LogP contribution is -2.22. The fraction of sp³-hybridized carbons (Fsp3) is 0.125. The standard InChI is InChI=1S/C16H14N2O2S/c1-20-12-8-6-11(7-9-12)16(19)17-10-15-18-13-4-2-3-5-14(13)21-15/h2-9H,10H2,1H3,(H,17,19). The van der Waals surface area contributed by atoms with Crippen LogP contribution in [0.3, 0.4) is 0 Å². The maximum atomic E-state index is 12.1. The van der Waals surface area contributed by atoms with E-state index in [1.54, 1.807) is 42.7 Å². The van der Waals surface area contributed by atoms with Gasteiger partial charge in [-0.3, -0.25) is 4.79 Å². The van der Waals surface area contributed by atoms with E-state index in [4.69, 9.17) is 4.74 Å². The summed E-state index contributed by atoms with van der Waals surface area (Å²) in [7, 11) is 1.60. The maximum absolute atomic E-state index is 12.1. The molecule has 1 N–H and O–H groups in total. The highest BCUT2D eigenvalue weighted by atomic mass is 32.1. The van der Waals surface area contributed by atoms with Gasteiger partial charge in [-0.15, -0.1) is 11.3 Å². The van der Waals surface area contributed by atoms with Crippen LogP contribution in [0.1, 0.15) is 15.4 Å². The van der Waals surface area contributed by atoms with Gasteiger partial charge in [0.05, 0.1) is 23.9 Å². The van der Waals surface area contributed by atoms with E-state index in [1.165, 1.54) is 0 Å². The van der Waals surface area contributed by atoms with Gasteiger partial charge < -0.3 is 10.1 Å². The molecule has 0 atom stereocenters. The monoisotopic (exact) mass is 298 g/mol. The summed E-state index contributed by atoms with van der Waals surface area (Å²) < 4.78 is 6.20. The van der Waals surface area contributed by atoms with E-state index in [2.05, 4.69) is 10.3 Å². The average molecular weight is 298 g/mol. The summed E-state index contributed by atoms with van der Waals surface area (Å²) in [6, 6.07) is 15.0. The first-order valence-corrected chi connectivity index (χ1v) is 7.34. The molecule has 0 saturated heterocycles. The molecule has 1 heterocycles. The number of nitrogens with one attached hydrogen (secondary N) is 1. The van der Waals surface area contributed by atoms with Crippen molar-refractivity contribution in [2.45, 2.75) is 6.54 Å². The number of carbonyl (C=O) groups is 1. The number of ether oxygens (including phenoxy) is 1. The van der Waals surface area contributed by atoms with Crippen LogP contribution >= 0.6 is 11.3 Å². The van der Waals surface area contributed by atoms with Crippen molar-refractivity contribution in [1.82, 2.24) is 10.3 Å². The number of hydrogen-bond donors (Lipinski definition) is 1. The molecule has 21 heavy (non-hydrogen) atoms. The molecule has 0 unspecified atom stereocenters. The molecule has 1 aromatic heterocycles. The van der Waals surface area contributed by atoms with Gasteiger partial charge in [-0.1, -0.05) is 12.1 Å². The van der Waals surface area contributed by atoms with Crippen LogP contribution in [-0.2, 0) is 6.54 Å². The number of rotatable bonds is 4. The first-order chi connectivity index (χ1) is 10.3. The van der Waals surface area contributed by atoms with Gasteiger partial charge in [0, 0.05) is 5.56 Å². The predicted molar refractivity (Wildman–Crippen MR) is 83.8 cm³/mol. The highest BCUT2D eigenvalue weighted by Crippen LogP contribution is 2.21. The molecule has 1 amide bonds. The summed E-state index contributed by atoms with van der Waals surface area (Å²) >= 11 is 1.59. The fourth-order valence-electron chi connectivity index (χ4n) is 2.00. The fourth-order valence-corrected chi connectivity index (χ4v) is 2.90. The van der Waals surface area contributed by atoms with Crippen LogP contribution in [0.2, 0.25) is 0 Å².